The van der Waals surface area contributed by atoms with Crippen LogP contribution < -0.4 is 4.90 Å². The van der Waals surface area contributed by atoms with E-state index in [1.54, 1.807) is 0 Å². The molecule has 0 radical (unpaired) electrons. The molecule has 0 saturated carbocycles. The standard InChI is InChI=1S/C40H30N2/c1-4-13-29(14-5-1)31-15-12-20-34(27-31)42-39-22-11-10-21-36(39)37-26-24-30-23-25-35(28-38(30)40(37)42)41(32-16-6-2-7-17-32)33-18-8-3-9-19-33/h1-23,25,27-28H,24,26H2. The van der Waals surface area contributed by atoms with Crippen molar-refractivity contribution in [2.45, 2.75) is 12.8 Å². The van der Waals surface area contributed by atoms with Gasteiger partial charge in [0.2, 0.25) is 0 Å². The number of hydrogen-bond donors (Lipinski definition) is 0. The first-order chi connectivity index (χ1) is 20.8. The molecule has 2 nitrogen and oxygen atoms in total. The molecular weight excluding hydrogens is 508 g/mol. The number of hydrogen-bond acceptors (Lipinski definition) is 1. The summed E-state index contributed by atoms with van der Waals surface area (Å²) in [5.41, 5.74) is 13.8. The highest BCUT2D eigenvalue weighted by atomic mass is 15.1. The summed E-state index contributed by atoms with van der Waals surface area (Å²) in [6, 6.07) is 56.9. The Labute approximate surface area is 246 Å². The van der Waals surface area contributed by atoms with Crippen LogP contribution in [-0.4, -0.2) is 4.57 Å². The molecule has 2 heteroatoms. The zero-order chi connectivity index (χ0) is 27.9. The molecule has 1 aliphatic carbocycles. The third-order valence-corrected chi connectivity index (χ3v) is 8.47. The number of rotatable bonds is 5. The van der Waals surface area contributed by atoms with Gasteiger partial charge in [-0.15, -0.1) is 0 Å². The molecule has 0 amide bonds. The smallest absolute Gasteiger partial charge is 0.0576 e. The predicted molar refractivity (Wildman–Crippen MR) is 176 cm³/mol. The minimum atomic E-state index is 1.04. The second kappa shape index (κ2) is 10.2. The third-order valence-electron chi connectivity index (χ3n) is 8.47. The first-order valence-electron chi connectivity index (χ1n) is 14.7. The zero-order valence-corrected chi connectivity index (χ0v) is 23.3. The van der Waals surface area contributed by atoms with E-state index in [0.717, 1.165) is 29.9 Å². The highest BCUT2D eigenvalue weighted by Crippen LogP contribution is 2.45. The summed E-state index contributed by atoms with van der Waals surface area (Å²) >= 11 is 0. The van der Waals surface area contributed by atoms with Gasteiger partial charge in [0.1, 0.15) is 0 Å². The maximum atomic E-state index is 2.49. The van der Waals surface area contributed by atoms with Crippen molar-refractivity contribution in [2.75, 3.05) is 4.90 Å². The van der Waals surface area contributed by atoms with Crippen LogP contribution in [0.3, 0.4) is 0 Å². The Hall–Kier alpha value is -5.34. The maximum Gasteiger partial charge on any atom is 0.0576 e. The molecule has 0 spiro atoms. The van der Waals surface area contributed by atoms with E-state index in [4.69, 9.17) is 0 Å². The highest BCUT2D eigenvalue weighted by Gasteiger charge is 2.26. The van der Waals surface area contributed by atoms with Crippen molar-refractivity contribution in [3.63, 3.8) is 0 Å². The van der Waals surface area contributed by atoms with Crippen LogP contribution in [0.5, 0.6) is 0 Å². The van der Waals surface area contributed by atoms with Crippen molar-refractivity contribution < 1.29 is 0 Å². The monoisotopic (exact) mass is 538 g/mol. The van der Waals surface area contributed by atoms with Crippen molar-refractivity contribution in [3.8, 4) is 28.1 Å². The Kier molecular flexibility index (Phi) is 5.97. The molecule has 6 aromatic carbocycles. The van der Waals surface area contributed by atoms with E-state index in [2.05, 4.69) is 167 Å². The fourth-order valence-electron chi connectivity index (χ4n) is 6.57. The Morgan fingerprint density at radius 2 is 1.12 bits per heavy atom. The van der Waals surface area contributed by atoms with Crippen LogP contribution in [0.25, 0.3) is 39.0 Å². The fraction of sp³-hybridized carbons (Fsp3) is 0.0500. The first kappa shape index (κ1) is 24.5. The second-order valence-corrected chi connectivity index (χ2v) is 10.9. The topological polar surface area (TPSA) is 8.17 Å². The van der Waals surface area contributed by atoms with E-state index in [1.807, 2.05) is 0 Å². The highest BCUT2D eigenvalue weighted by molar-refractivity contribution is 5.96. The molecule has 0 atom stereocenters. The molecule has 0 unspecified atom stereocenters. The van der Waals surface area contributed by atoms with Gasteiger partial charge >= 0.3 is 0 Å². The van der Waals surface area contributed by atoms with Gasteiger partial charge in [-0.25, -0.2) is 0 Å². The van der Waals surface area contributed by atoms with Crippen molar-refractivity contribution in [1.29, 1.82) is 0 Å². The lowest BCUT2D eigenvalue weighted by Crippen LogP contribution is -2.12. The Morgan fingerprint density at radius 3 is 1.86 bits per heavy atom. The van der Waals surface area contributed by atoms with Crippen LogP contribution in [0.4, 0.5) is 17.1 Å². The quantitative estimate of drug-likeness (QED) is 0.212. The number of para-hydroxylation sites is 3. The van der Waals surface area contributed by atoms with Crippen LogP contribution >= 0.6 is 0 Å². The van der Waals surface area contributed by atoms with Gasteiger partial charge in [0.05, 0.1) is 11.2 Å². The number of anilines is 3. The third kappa shape index (κ3) is 4.12. The van der Waals surface area contributed by atoms with Crippen LogP contribution in [0.1, 0.15) is 11.1 Å². The number of benzene rings is 6. The fourth-order valence-corrected chi connectivity index (χ4v) is 6.57. The summed E-state index contributed by atoms with van der Waals surface area (Å²) in [6.45, 7) is 0. The first-order valence-corrected chi connectivity index (χ1v) is 14.7. The number of aromatic nitrogens is 1. The van der Waals surface area contributed by atoms with Crippen LogP contribution in [0.2, 0.25) is 0 Å². The zero-order valence-electron chi connectivity index (χ0n) is 23.3. The summed E-state index contributed by atoms with van der Waals surface area (Å²) in [7, 11) is 0. The molecule has 1 aromatic heterocycles. The minimum Gasteiger partial charge on any atom is -0.310 e. The normalized spacial score (nSPS) is 12.1. The molecule has 1 heterocycles. The lowest BCUT2D eigenvalue weighted by molar-refractivity contribution is 0.933. The van der Waals surface area contributed by atoms with Gasteiger partial charge in [0.15, 0.2) is 0 Å². The molecule has 0 saturated heterocycles. The molecule has 7 aromatic rings. The van der Waals surface area contributed by atoms with E-state index < -0.39 is 0 Å². The van der Waals surface area contributed by atoms with Gasteiger partial charge in [0.25, 0.3) is 0 Å². The Morgan fingerprint density at radius 1 is 0.476 bits per heavy atom. The van der Waals surface area contributed by atoms with Crippen molar-refractivity contribution >= 4 is 28.0 Å². The molecule has 0 aliphatic heterocycles. The van der Waals surface area contributed by atoms with Crippen molar-refractivity contribution in [2.24, 2.45) is 0 Å². The number of fused-ring (bicyclic) bond motifs is 5. The average Bonchev–Trinajstić information content (AvgIpc) is 3.41. The SMILES string of the molecule is c1ccc(-c2cccc(-n3c4c(c5ccccc53)CCc3ccc(N(c5ccccc5)c5ccccc5)cc3-4)c2)cc1. The predicted octanol–water partition coefficient (Wildman–Crippen LogP) is 10.5. The molecule has 42 heavy (non-hydrogen) atoms. The van der Waals surface area contributed by atoms with E-state index in [9.17, 15) is 0 Å². The van der Waals surface area contributed by atoms with Gasteiger partial charge in [-0.3, -0.25) is 0 Å². The number of nitrogens with zero attached hydrogens (tertiary/aromatic N) is 2. The van der Waals surface area contributed by atoms with Gasteiger partial charge in [-0.1, -0.05) is 103 Å². The van der Waals surface area contributed by atoms with E-state index in [0.29, 0.717) is 0 Å². The molecular formula is C40H30N2. The lowest BCUT2D eigenvalue weighted by atomic mass is 9.88. The van der Waals surface area contributed by atoms with Crippen molar-refractivity contribution in [1.82, 2.24) is 4.57 Å². The molecule has 0 fully saturated rings. The summed E-state index contributed by atoms with van der Waals surface area (Å²) in [5.74, 6) is 0. The van der Waals surface area contributed by atoms with E-state index in [1.165, 1.54) is 50.1 Å². The molecule has 1 aliphatic rings. The molecule has 0 bridgehead atoms. The summed E-state index contributed by atoms with van der Waals surface area (Å²) in [6.07, 6.45) is 2.08. The Bertz CT molecular complexity index is 1980. The average molecular weight is 539 g/mol. The van der Waals surface area contributed by atoms with Gasteiger partial charge in [0, 0.05) is 33.7 Å². The molecule has 0 N–H and O–H groups in total. The number of aryl methyl sites for hydroxylation is 2. The summed E-state index contributed by atoms with van der Waals surface area (Å²) in [4.78, 5) is 2.36. The van der Waals surface area contributed by atoms with Gasteiger partial charge in [-0.05, 0) is 89.7 Å². The van der Waals surface area contributed by atoms with Gasteiger partial charge < -0.3 is 9.47 Å². The van der Waals surface area contributed by atoms with Crippen molar-refractivity contribution in [3.05, 3.63) is 169 Å². The molecule has 8 rings (SSSR count). The Balaban J connectivity index is 1.36. The van der Waals surface area contributed by atoms with E-state index in [-0.39, 0.29) is 0 Å². The summed E-state index contributed by atoms with van der Waals surface area (Å²) in [5, 5.41) is 1.34. The maximum absolute atomic E-state index is 2.49. The lowest BCUT2D eigenvalue weighted by Gasteiger charge is -2.28. The van der Waals surface area contributed by atoms with Crippen LogP contribution in [0.15, 0.2) is 158 Å². The largest absolute Gasteiger partial charge is 0.310 e. The van der Waals surface area contributed by atoms with E-state index >= 15 is 0 Å². The summed E-state index contributed by atoms with van der Waals surface area (Å²) < 4.78 is 2.49. The molecule has 200 valence electrons. The van der Waals surface area contributed by atoms with Crippen LogP contribution in [0, 0.1) is 0 Å². The minimum absolute atomic E-state index is 1.04. The van der Waals surface area contributed by atoms with Crippen LogP contribution in [-0.2, 0) is 12.8 Å². The second-order valence-electron chi connectivity index (χ2n) is 10.9. The van der Waals surface area contributed by atoms with Gasteiger partial charge in [-0.2, -0.15) is 0 Å².